The summed E-state index contributed by atoms with van der Waals surface area (Å²) in [7, 11) is 4.79. The summed E-state index contributed by atoms with van der Waals surface area (Å²) in [6.07, 6.45) is 3.06. The second-order valence-corrected chi connectivity index (χ2v) is 6.84. The van der Waals surface area contributed by atoms with Gasteiger partial charge in [0.1, 0.15) is 11.6 Å². The van der Waals surface area contributed by atoms with Crippen molar-refractivity contribution in [3.05, 3.63) is 59.4 Å². The molecule has 0 atom stereocenters. The Morgan fingerprint density at radius 3 is 2.15 bits per heavy atom. The second-order valence-electron chi connectivity index (χ2n) is 6.84. The molecule has 2 aromatic rings. The Kier molecular flexibility index (Phi) is 6.67. The van der Waals surface area contributed by atoms with E-state index in [9.17, 15) is 4.39 Å². The van der Waals surface area contributed by atoms with Crippen molar-refractivity contribution in [2.75, 3.05) is 21.3 Å². The van der Waals surface area contributed by atoms with Crippen LogP contribution in [0.2, 0.25) is 0 Å². The smallest absolute Gasteiger partial charge is 0.161 e. The molecule has 2 aromatic carbocycles. The van der Waals surface area contributed by atoms with Gasteiger partial charge in [0.25, 0.3) is 0 Å². The molecule has 0 aliphatic heterocycles. The Morgan fingerprint density at radius 1 is 0.923 bits per heavy atom. The van der Waals surface area contributed by atoms with Crippen molar-refractivity contribution in [3.63, 3.8) is 0 Å². The predicted octanol–water partition coefficient (Wildman–Crippen LogP) is 5.68. The minimum Gasteiger partial charge on any atom is -0.497 e. The van der Waals surface area contributed by atoms with E-state index in [1.165, 1.54) is 0 Å². The minimum atomic E-state index is -0.562. The van der Waals surface area contributed by atoms with E-state index in [1.807, 2.05) is 44.2 Å². The van der Waals surface area contributed by atoms with Gasteiger partial charge in [0.15, 0.2) is 11.5 Å². The molecule has 0 fully saturated rings. The molecular formula is C22H27FO3. The lowest BCUT2D eigenvalue weighted by Gasteiger charge is -2.23. The highest BCUT2D eigenvalue weighted by Crippen LogP contribution is 2.35. The van der Waals surface area contributed by atoms with Crippen LogP contribution in [0.15, 0.2) is 48.3 Å². The maximum absolute atomic E-state index is 14.9. The average Bonchev–Trinajstić information content (AvgIpc) is 2.66. The third-order valence-corrected chi connectivity index (χ3v) is 4.55. The molecule has 0 aromatic heterocycles. The summed E-state index contributed by atoms with van der Waals surface area (Å²) in [5.41, 5.74) is 1.35. The lowest BCUT2D eigenvalue weighted by molar-refractivity contribution is 0.329. The summed E-state index contributed by atoms with van der Waals surface area (Å²) < 4.78 is 30.5. The van der Waals surface area contributed by atoms with Crippen LogP contribution in [0, 0.1) is 5.41 Å². The third kappa shape index (κ3) is 5.01. The molecule has 0 spiro atoms. The highest BCUT2D eigenvalue weighted by molar-refractivity contribution is 5.57. The maximum Gasteiger partial charge on any atom is 0.161 e. The molecule has 0 N–H and O–H groups in total. The molecule has 0 bridgehead atoms. The van der Waals surface area contributed by atoms with Crippen molar-refractivity contribution < 1.29 is 18.6 Å². The number of ether oxygens (including phenoxy) is 3. The van der Waals surface area contributed by atoms with Gasteiger partial charge in [-0.1, -0.05) is 32.0 Å². The van der Waals surface area contributed by atoms with Crippen molar-refractivity contribution in [1.29, 1.82) is 0 Å². The van der Waals surface area contributed by atoms with Crippen LogP contribution in [-0.4, -0.2) is 21.3 Å². The molecule has 0 unspecified atom stereocenters. The van der Waals surface area contributed by atoms with Gasteiger partial charge in [-0.2, -0.15) is 0 Å². The Bertz CT molecular complexity index is 748. The van der Waals surface area contributed by atoms with E-state index >= 15 is 0 Å². The second kappa shape index (κ2) is 8.75. The summed E-state index contributed by atoms with van der Waals surface area (Å²) in [5.74, 6) is 1.89. The number of halogens is 1. The first kappa shape index (κ1) is 19.8. The van der Waals surface area contributed by atoms with Gasteiger partial charge in [-0.25, -0.2) is 4.39 Å². The van der Waals surface area contributed by atoms with E-state index in [0.29, 0.717) is 17.9 Å². The largest absolute Gasteiger partial charge is 0.497 e. The van der Waals surface area contributed by atoms with Gasteiger partial charge in [-0.05, 0) is 54.3 Å². The average molecular weight is 358 g/mol. The van der Waals surface area contributed by atoms with Crippen LogP contribution < -0.4 is 14.2 Å². The van der Waals surface area contributed by atoms with Crippen molar-refractivity contribution in [2.24, 2.45) is 5.41 Å². The lowest BCUT2D eigenvalue weighted by Crippen LogP contribution is -2.13. The van der Waals surface area contributed by atoms with E-state index in [2.05, 4.69) is 0 Å². The van der Waals surface area contributed by atoms with E-state index < -0.39 is 5.41 Å². The number of hydrogen-bond donors (Lipinski definition) is 0. The number of hydrogen-bond acceptors (Lipinski definition) is 3. The molecular weight excluding hydrogens is 331 g/mol. The first-order valence-electron chi connectivity index (χ1n) is 8.62. The number of aryl methyl sites for hydroxylation is 1. The van der Waals surface area contributed by atoms with E-state index in [1.54, 1.807) is 39.5 Å². The minimum absolute atomic E-state index is 0.154. The molecule has 2 rings (SSSR count). The van der Waals surface area contributed by atoms with Gasteiger partial charge in [0.2, 0.25) is 0 Å². The van der Waals surface area contributed by atoms with Crippen LogP contribution in [0.3, 0.4) is 0 Å². The zero-order valence-corrected chi connectivity index (χ0v) is 16.1. The lowest BCUT2D eigenvalue weighted by atomic mass is 9.84. The fraction of sp³-hybridized carbons (Fsp3) is 0.364. The summed E-state index contributed by atoms with van der Waals surface area (Å²) in [6.45, 7) is 3.84. The van der Waals surface area contributed by atoms with Crippen LogP contribution in [0.25, 0.3) is 6.08 Å². The summed E-state index contributed by atoms with van der Waals surface area (Å²) in [5, 5.41) is 0. The number of benzene rings is 2. The molecule has 0 saturated carbocycles. The first-order valence-corrected chi connectivity index (χ1v) is 8.62. The topological polar surface area (TPSA) is 27.7 Å². The normalized spacial score (nSPS) is 12.0. The molecule has 140 valence electrons. The maximum atomic E-state index is 14.9. The molecule has 3 nitrogen and oxygen atoms in total. The predicted molar refractivity (Wildman–Crippen MR) is 104 cm³/mol. The van der Waals surface area contributed by atoms with Crippen molar-refractivity contribution >= 4 is 6.08 Å². The van der Waals surface area contributed by atoms with Crippen LogP contribution in [0.5, 0.6) is 17.2 Å². The Morgan fingerprint density at radius 2 is 1.58 bits per heavy atom. The van der Waals surface area contributed by atoms with Gasteiger partial charge in [-0.15, -0.1) is 0 Å². The molecule has 4 heteroatoms. The van der Waals surface area contributed by atoms with Crippen molar-refractivity contribution in [3.8, 4) is 17.2 Å². The van der Waals surface area contributed by atoms with Gasteiger partial charge in [0, 0.05) is 5.41 Å². The van der Waals surface area contributed by atoms with Crippen molar-refractivity contribution in [1.82, 2.24) is 0 Å². The molecule has 26 heavy (non-hydrogen) atoms. The number of methoxy groups -OCH3 is 3. The fourth-order valence-electron chi connectivity index (χ4n) is 2.65. The molecule has 0 aliphatic rings. The zero-order valence-electron chi connectivity index (χ0n) is 16.1. The van der Waals surface area contributed by atoms with E-state index in [4.69, 9.17) is 14.2 Å². The van der Waals surface area contributed by atoms with Gasteiger partial charge >= 0.3 is 0 Å². The van der Waals surface area contributed by atoms with E-state index in [-0.39, 0.29) is 5.83 Å². The Labute approximate surface area is 155 Å². The molecule has 0 radical (unpaired) electrons. The molecule has 0 amide bonds. The fourth-order valence-corrected chi connectivity index (χ4v) is 2.65. The van der Waals surface area contributed by atoms with Gasteiger partial charge < -0.3 is 14.2 Å². The van der Waals surface area contributed by atoms with Crippen molar-refractivity contribution in [2.45, 2.75) is 26.7 Å². The molecule has 0 heterocycles. The standard InChI is InChI=1S/C22H27FO3/c1-22(2,13-12-16-6-9-18(24-3)10-7-16)21(23)15-17-8-11-19(25-4)20(14-17)26-5/h6-11,14-15H,12-13H2,1-5H3/b21-15-. The quantitative estimate of drug-likeness (QED) is 0.607. The SMILES string of the molecule is COc1ccc(CCC(C)(C)/C(F)=C/c2ccc(OC)c(OC)c2)cc1. The summed E-state index contributed by atoms with van der Waals surface area (Å²) in [4.78, 5) is 0. The monoisotopic (exact) mass is 358 g/mol. The molecule has 0 saturated heterocycles. The zero-order chi connectivity index (χ0) is 19.2. The van der Waals surface area contributed by atoms with Crippen LogP contribution >= 0.6 is 0 Å². The Hall–Kier alpha value is -2.49. The van der Waals surface area contributed by atoms with Gasteiger partial charge in [-0.3, -0.25) is 0 Å². The number of rotatable bonds is 8. The van der Waals surface area contributed by atoms with Crippen LogP contribution in [-0.2, 0) is 6.42 Å². The molecule has 0 aliphatic carbocycles. The summed E-state index contributed by atoms with van der Waals surface area (Å²) in [6, 6.07) is 13.3. The highest BCUT2D eigenvalue weighted by atomic mass is 19.1. The van der Waals surface area contributed by atoms with E-state index in [0.717, 1.165) is 23.3 Å². The van der Waals surface area contributed by atoms with Crippen LogP contribution in [0.4, 0.5) is 4.39 Å². The first-order chi connectivity index (χ1) is 12.4. The highest BCUT2D eigenvalue weighted by Gasteiger charge is 2.23. The number of allylic oxidation sites excluding steroid dienone is 1. The van der Waals surface area contributed by atoms with Gasteiger partial charge in [0.05, 0.1) is 21.3 Å². The third-order valence-electron chi connectivity index (χ3n) is 4.55. The summed E-state index contributed by atoms with van der Waals surface area (Å²) >= 11 is 0. The Balaban J connectivity index is 2.10. The van der Waals surface area contributed by atoms with Crippen LogP contribution in [0.1, 0.15) is 31.4 Å².